The second-order valence-corrected chi connectivity index (χ2v) is 6.09. The molecular formula is C17H23N3O3. The van der Waals surface area contributed by atoms with Crippen molar-refractivity contribution in [2.75, 3.05) is 39.5 Å². The van der Waals surface area contributed by atoms with Gasteiger partial charge in [0.1, 0.15) is 11.8 Å². The minimum atomic E-state index is -0.195. The largest absolute Gasteiger partial charge is 0.482 e. The second kappa shape index (κ2) is 7.95. The Morgan fingerprint density at radius 1 is 1.39 bits per heavy atom. The van der Waals surface area contributed by atoms with Crippen molar-refractivity contribution in [2.24, 2.45) is 0 Å². The van der Waals surface area contributed by atoms with Crippen LogP contribution in [0.2, 0.25) is 0 Å². The van der Waals surface area contributed by atoms with Crippen LogP contribution in [-0.4, -0.2) is 55.8 Å². The van der Waals surface area contributed by atoms with Gasteiger partial charge < -0.3 is 14.8 Å². The SMILES string of the molecule is CC(C)(CNC(=O)COc1ccccc1C#N)N1CCOCC1. The number of rotatable bonds is 6. The first-order valence-electron chi connectivity index (χ1n) is 7.74. The van der Waals surface area contributed by atoms with Crippen LogP contribution >= 0.6 is 0 Å². The van der Waals surface area contributed by atoms with Crippen LogP contribution in [0.4, 0.5) is 0 Å². The molecule has 1 aliphatic heterocycles. The lowest BCUT2D eigenvalue weighted by atomic mass is 10.0. The highest BCUT2D eigenvalue weighted by atomic mass is 16.5. The van der Waals surface area contributed by atoms with E-state index in [-0.39, 0.29) is 18.1 Å². The lowest BCUT2D eigenvalue weighted by Gasteiger charge is -2.40. The van der Waals surface area contributed by atoms with Crippen LogP contribution in [0.25, 0.3) is 0 Å². The van der Waals surface area contributed by atoms with Crippen molar-refractivity contribution in [2.45, 2.75) is 19.4 Å². The van der Waals surface area contributed by atoms with E-state index < -0.39 is 0 Å². The summed E-state index contributed by atoms with van der Waals surface area (Å²) in [5.74, 6) is 0.233. The van der Waals surface area contributed by atoms with E-state index in [1.54, 1.807) is 24.3 Å². The minimum Gasteiger partial charge on any atom is -0.482 e. The Labute approximate surface area is 137 Å². The molecule has 0 bridgehead atoms. The monoisotopic (exact) mass is 317 g/mol. The molecule has 124 valence electrons. The third-order valence-corrected chi connectivity index (χ3v) is 3.95. The fourth-order valence-electron chi connectivity index (χ4n) is 2.47. The molecule has 0 aromatic heterocycles. The molecule has 6 nitrogen and oxygen atoms in total. The van der Waals surface area contributed by atoms with Gasteiger partial charge in [0.2, 0.25) is 0 Å². The molecule has 0 unspecified atom stereocenters. The Kier molecular flexibility index (Phi) is 5.97. The molecular weight excluding hydrogens is 294 g/mol. The highest BCUT2D eigenvalue weighted by Gasteiger charge is 2.28. The van der Waals surface area contributed by atoms with Crippen molar-refractivity contribution in [3.63, 3.8) is 0 Å². The topological polar surface area (TPSA) is 74.6 Å². The van der Waals surface area contributed by atoms with Crippen molar-refractivity contribution in [3.05, 3.63) is 29.8 Å². The highest BCUT2D eigenvalue weighted by molar-refractivity contribution is 5.77. The van der Waals surface area contributed by atoms with Gasteiger partial charge >= 0.3 is 0 Å². The van der Waals surface area contributed by atoms with Gasteiger partial charge in [0.05, 0.1) is 18.8 Å². The molecule has 0 aliphatic carbocycles. The first kappa shape index (κ1) is 17.3. The zero-order chi connectivity index (χ0) is 16.7. The number of amides is 1. The summed E-state index contributed by atoms with van der Waals surface area (Å²) in [6.45, 7) is 7.84. The van der Waals surface area contributed by atoms with Gasteiger partial charge in [-0.3, -0.25) is 9.69 Å². The number of nitrogens with one attached hydrogen (secondary N) is 1. The molecule has 2 rings (SSSR count). The third-order valence-electron chi connectivity index (χ3n) is 3.95. The zero-order valence-corrected chi connectivity index (χ0v) is 13.7. The Morgan fingerprint density at radius 3 is 2.78 bits per heavy atom. The predicted molar refractivity (Wildman–Crippen MR) is 86.1 cm³/mol. The summed E-state index contributed by atoms with van der Waals surface area (Å²) < 4.78 is 10.8. The van der Waals surface area contributed by atoms with Crippen molar-refractivity contribution < 1.29 is 14.3 Å². The number of hydrogen-bond acceptors (Lipinski definition) is 5. The first-order chi connectivity index (χ1) is 11.0. The van der Waals surface area contributed by atoms with Crippen LogP contribution in [0.15, 0.2) is 24.3 Å². The lowest BCUT2D eigenvalue weighted by Crippen LogP contribution is -2.55. The van der Waals surface area contributed by atoms with Gasteiger partial charge in [-0.05, 0) is 26.0 Å². The smallest absolute Gasteiger partial charge is 0.258 e. The number of morpholine rings is 1. The number of ether oxygens (including phenoxy) is 2. The first-order valence-corrected chi connectivity index (χ1v) is 7.74. The van der Waals surface area contributed by atoms with Gasteiger partial charge in [-0.25, -0.2) is 0 Å². The lowest BCUT2D eigenvalue weighted by molar-refractivity contribution is -0.123. The summed E-state index contributed by atoms with van der Waals surface area (Å²) in [5.41, 5.74) is 0.290. The Balaban J connectivity index is 1.79. The number of para-hydroxylation sites is 1. The molecule has 1 aromatic rings. The summed E-state index contributed by atoms with van der Waals surface area (Å²) in [4.78, 5) is 14.3. The van der Waals surface area contributed by atoms with Crippen LogP contribution in [0.5, 0.6) is 5.75 Å². The average molecular weight is 317 g/mol. The predicted octanol–water partition coefficient (Wildman–Crippen LogP) is 1.16. The summed E-state index contributed by atoms with van der Waals surface area (Å²) in [6, 6.07) is 8.92. The van der Waals surface area contributed by atoms with E-state index in [1.807, 2.05) is 6.07 Å². The number of hydrogen-bond donors (Lipinski definition) is 1. The average Bonchev–Trinajstić information content (AvgIpc) is 2.59. The zero-order valence-electron chi connectivity index (χ0n) is 13.7. The number of nitrogens with zero attached hydrogens (tertiary/aromatic N) is 2. The summed E-state index contributed by atoms with van der Waals surface area (Å²) in [6.07, 6.45) is 0. The van der Waals surface area contributed by atoms with Crippen LogP contribution < -0.4 is 10.1 Å². The van der Waals surface area contributed by atoms with E-state index in [1.165, 1.54) is 0 Å². The van der Waals surface area contributed by atoms with Gasteiger partial charge in [0.15, 0.2) is 6.61 Å². The highest BCUT2D eigenvalue weighted by Crippen LogP contribution is 2.17. The van der Waals surface area contributed by atoms with Crippen LogP contribution in [0, 0.1) is 11.3 Å². The van der Waals surface area contributed by atoms with E-state index in [4.69, 9.17) is 14.7 Å². The molecule has 1 aromatic carbocycles. The van der Waals surface area contributed by atoms with Crippen molar-refractivity contribution >= 4 is 5.91 Å². The minimum absolute atomic E-state index is 0.0993. The molecule has 6 heteroatoms. The molecule has 1 amide bonds. The van der Waals surface area contributed by atoms with Gasteiger partial charge in [0, 0.05) is 25.2 Å². The molecule has 1 aliphatic rings. The van der Waals surface area contributed by atoms with Crippen molar-refractivity contribution in [1.29, 1.82) is 5.26 Å². The fraction of sp³-hybridized carbons (Fsp3) is 0.529. The Bertz CT molecular complexity index is 575. The van der Waals surface area contributed by atoms with Crippen LogP contribution in [0.3, 0.4) is 0 Å². The Hall–Kier alpha value is -2.10. The quantitative estimate of drug-likeness (QED) is 0.852. The van der Waals surface area contributed by atoms with Crippen molar-refractivity contribution in [1.82, 2.24) is 10.2 Å². The maximum atomic E-state index is 12.0. The number of benzene rings is 1. The maximum absolute atomic E-state index is 12.0. The Morgan fingerprint density at radius 2 is 2.09 bits per heavy atom. The molecule has 0 saturated carbocycles. The third kappa shape index (κ3) is 4.95. The number of carbonyl (C=O) groups is 1. The fourth-order valence-corrected chi connectivity index (χ4v) is 2.47. The van der Waals surface area contributed by atoms with Gasteiger partial charge in [-0.15, -0.1) is 0 Å². The summed E-state index contributed by atoms with van der Waals surface area (Å²) in [5, 5.41) is 11.9. The molecule has 1 heterocycles. The second-order valence-electron chi connectivity index (χ2n) is 6.09. The summed E-state index contributed by atoms with van der Waals surface area (Å²) >= 11 is 0. The van der Waals surface area contributed by atoms with E-state index in [2.05, 4.69) is 24.1 Å². The van der Waals surface area contributed by atoms with Gasteiger partial charge in [0.25, 0.3) is 5.91 Å². The number of nitriles is 1. The van der Waals surface area contributed by atoms with E-state index in [9.17, 15) is 4.79 Å². The van der Waals surface area contributed by atoms with E-state index in [0.29, 0.717) is 17.9 Å². The molecule has 1 fully saturated rings. The van der Waals surface area contributed by atoms with Gasteiger partial charge in [-0.1, -0.05) is 12.1 Å². The molecule has 1 N–H and O–H groups in total. The van der Waals surface area contributed by atoms with Crippen LogP contribution in [-0.2, 0) is 9.53 Å². The van der Waals surface area contributed by atoms with Crippen LogP contribution in [0.1, 0.15) is 19.4 Å². The molecule has 0 atom stereocenters. The number of carbonyl (C=O) groups excluding carboxylic acids is 1. The normalized spacial score (nSPS) is 15.7. The molecule has 23 heavy (non-hydrogen) atoms. The van der Waals surface area contributed by atoms with Gasteiger partial charge in [-0.2, -0.15) is 5.26 Å². The molecule has 0 radical (unpaired) electrons. The maximum Gasteiger partial charge on any atom is 0.258 e. The van der Waals surface area contributed by atoms with E-state index in [0.717, 1.165) is 26.3 Å². The van der Waals surface area contributed by atoms with E-state index >= 15 is 0 Å². The molecule has 1 saturated heterocycles. The summed E-state index contributed by atoms with van der Waals surface area (Å²) in [7, 11) is 0. The molecule has 0 spiro atoms. The van der Waals surface area contributed by atoms with Crippen molar-refractivity contribution in [3.8, 4) is 11.8 Å². The standard InChI is InChI=1S/C17H23N3O3/c1-17(2,20-7-9-22-10-8-20)13-19-16(21)12-23-15-6-4-3-5-14(15)11-18/h3-6H,7-10,12-13H2,1-2H3,(H,19,21).